The zero-order valence-electron chi connectivity index (χ0n) is 12.1. The summed E-state index contributed by atoms with van der Waals surface area (Å²) in [5.74, 6) is -0.952. The number of thiophene rings is 1. The number of rotatable bonds is 3. The Hall–Kier alpha value is -3.26. The highest BCUT2D eigenvalue weighted by molar-refractivity contribution is 7.12. The molecule has 0 aliphatic heterocycles. The summed E-state index contributed by atoms with van der Waals surface area (Å²) in [5, 5.41) is 15.1. The van der Waals surface area contributed by atoms with Crippen molar-refractivity contribution in [3.8, 4) is 22.3 Å². The van der Waals surface area contributed by atoms with Gasteiger partial charge in [0.05, 0.1) is 6.20 Å². The predicted molar refractivity (Wildman–Crippen MR) is 89.3 cm³/mol. The summed E-state index contributed by atoms with van der Waals surface area (Å²) in [6.45, 7) is 0. The number of H-pyrrole nitrogens is 1. The average molecular weight is 338 g/mol. The van der Waals surface area contributed by atoms with E-state index in [9.17, 15) is 9.59 Å². The molecule has 4 aromatic heterocycles. The number of carboxylic acids is 1. The van der Waals surface area contributed by atoms with Crippen molar-refractivity contribution >= 4 is 23.0 Å². The van der Waals surface area contributed by atoms with E-state index in [0.717, 1.165) is 33.6 Å². The minimum Gasteiger partial charge on any atom is -0.477 e. The van der Waals surface area contributed by atoms with E-state index >= 15 is 0 Å². The Morgan fingerprint density at radius 3 is 2.83 bits per heavy atom. The number of aromatic carboxylic acids is 1. The number of carboxylic acid groups (broad SMARTS) is 1. The van der Waals surface area contributed by atoms with Crippen molar-refractivity contribution in [1.82, 2.24) is 19.6 Å². The van der Waals surface area contributed by atoms with Crippen LogP contribution in [0, 0.1) is 0 Å². The van der Waals surface area contributed by atoms with Gasteiger partial charge >= 0.3 is 5.97 Å². The van der Waals surface area contributed by atoms with Crippen LogP contribution in [-0.2, 0) is 0 Å². The van der Waals surface area contributed by atoms with Crippen LogP contribution in [0.2, 0.25) is 0 Å². The smallest absolute Gasteiger partial charge is 0.345 e. The second-order valence-corrected chi connectivity index (χ2v) is 6.03. The highest BCUT2D eigenvalue weighted by atomic mass is 32.1. The van der Waals surface area contributed by atoms with Gasteiger partial charge in [-0.15, -0.1) is 11.3 Å². The van der Waals surface area contributed by atoms with Crippen LogP contribution in [0.3, 0.4) is 0 Å². The van der Waals surface area contributed by atoms with E-state index in [4.69, 9.17) is 5.11 Å². The van der Waals surface area contributed by atoms with E-state index in [0.29, 0.717) is 5.65 Å². The SMILES string of the molecule is O=C(O)c1cc(-c2cnn3cc(-c4cc[nH]c(=O)c4)cnc23)cs1. The number of aromatic nitrogens is 4. The molecule has 0 atom stereocenters. The lowest BCUT2D eigenvalue weighted by Gasteiger charge is -2.02. The Morgan fingerprint density at radius 1 is 1.21 bits per heavy atom. The molecular formula is C16H10N4O3S. The number of carbonyl (C=O) groups is 1. The molecule has 0 saturated carbocycles. The van der Waals surface area contributed by atoms with E-state index in [1.54, 1.807) is 46.8 Å². The number of aromatic amines is 1. The fourth-order valence-corrected chi connectivity index (χ4v) is 3.19. The van der Waals surface area contributed by atoms with Crippen molar-refractivity contribution in [2.75, 3.05) is 0 Å². The van der Waals surface area contributed by atoms with Crippen LogP contribution in [0.15, 0.2) is 53.2 Å². The van der Waals surface area contributed by atoms with Gasteiger partial charge in [-0.1, -0.05) is 0 Å². The first kappa shape index (κ1) is 14.3. The molecule has 0 bridgehead atoms. The summed E-state index contributed by atoms with van der Waals surface area (Å²) in [7, 11) is 0. The summed E-state index contributed by atoms with van der Waals surface area (Å²) in [6, 6.07) is 4.88. The van der Waals surface area contributed by atoms with Gasteiger partial charge in [0, 0.05) is 35.8 Å². The Kier molecular flexibility index (Phi) is 3.24. The molecule has 0 radical (unpaired) electrons. The minimum absolute atomic E-state index is 0.187. The standard InChI is InChI=1S/C16H10N4O3S/c21-14-4-9(1-2-17-14)11-5-18-15-12(6-19-20(15)7-11)10-3-13(16(22)23)24-8-10/h1-8H,(H,17,21)(H,22,23). The molecule has 0 aliphatic rings. The Morgan fingerprint density at radius 2 is 2.08 bits per heavy atom. The number of fused-ring (bicyclic) bond motifs is 1. The molecular weight excluding hydrogens is 328 g/mol. The van der Waals surface area contributed by atoms with E-state index in [-0.39, 0.29) is 10.4 Å². The van der Waals surface area contributed by atoms with Gasteiger partial charge in [0.1, 0.15) is 4.88 Å². The van der Waals surface area contributed by atoms with Crippen molar-refractivity contribution in [3.05, 3.63) is 63.6 Å². The maximum Gasteiger partial charge on any atom is 0.345 e. The maximum atomic E-state index is 11.4. The lowest BCUT2D eigenvalue weighted by molar-refractivity contribution is 0.0702. The molecule has 0 aromatic carbocycles. The van der Waals surface area contributed by atoms with Crippen LogP contribution in [0.1, 0.15) is 9.67 Å². The molecule has 0 unspecified atom stereocenters. The van der Waals surface area contributed by atoms with Gasteiger partial charge in [-0.3, -0.25) is 4.79 Å². The fraction of sp³-hybridized carbons (Fsp3) is 0. The maximum absolute atomic E-state index is 11.4. The van der Waals surface area contributed by atoms with Crippen LogP contribution in [-0.4, -0.2) is 30.7 Å². The molecule has 4 rings (SSSR count). The van der Waals surface area contributed by atoms with Crippen LogP contribution in [0.5, 0.6) is 0 Å². The van der Waals surface area contributed by atoms with Gasteiger partial charge in [-0.05, 0) is 28.6 Å². The van der Waals surface area contributed by atoms with Crippen molar-refractivity contribution in [2.45, 2.75) is 0 Å². The molecule has 4 heterocycles. The largest absolute Gasteiger partial charge is 0.477 e. The Labute approximate surface area is 138 Å². The van der Waals surface area contributed by atoms with Gasteiger partial charge in [0.25, 0.3) is 0 Å². The first-order chi connectivity index (χ1) is 11.6. The zero-order chi connectivity index (χ0) is 16.7. The Bertz CT molecular complexity index is 1130. The molecule has 2 N–H and O–H groups in total. The topological polar surface area (TPSA) is 100 Å². The molecule has 7 nitrogen and oxygen atoms in total. The first-order valence-corrected chi connectivity index (χ1v) is 7.84. The molecule has 4 aromatic rings. The third-order valence-electron chi connectivity index (χ3n) is 3.59. The highest BCUT2D eigenvalue weighted by Gasteiger charge is 2.13. The second-order valence-electron chi connectivity index (χ2n) is 5.12. The molecule has 0 fully saturated rings. The summed E-state index contributed by atoms with van der Waals surface area (Å²) in [4.78, 5) is 29.7. The molecule has 0 saturated heterocycles. The van der Waals surface area contributed by atoms with E-state index in [1.165, 1.54) is 6.07 Å². The summed E-state index contributed by atoms with van der Waals surface area (Å²) >= 11 is 1.16. The molecule has 8 heteroatoms. The number of hydrogen-bond donors (Lipinski definition) is 2. The number of nitrogens with zero attached hydrogens (tertiary/aromatic N) is 3. The molecule has 24 heavy (non-hydrogen) atoms. The van der Waals surface area contributed by atoms with Crippen LogP contribution >= 0.6 is 11.3 Å². The van der Waals surface area contributed by atoms with Crippen LogP contribution in [0.25, 0.3) is 27.9 Å². The van der Waals surface area contributed by atoms with E-state index in [2.05, 4.69) is 15.1 Å². The minimum atomic E-state index is -0.952. The molecule has 0 aliphatic carbocycles. The fourth-order valence-electron chi connectivity index (χ4n) is 2.44. The number of pyridine rings is 1. The lowest BCUT2D eigenvalue weighted by Crippen LogP contribution is -2.02. The third kappa shape index (κ3) is 2.38. The first-order valence-electron chi connectivity index (χ1n) is 6.96. The summed E-state index contributed by atoms with van der Waals surface area (Å²) in [6.07, 6.45) is 6.68. The average Bonchev–Trinajstić information content (AvgIpc) is 3.21. The van der Waals surface area contributed by atoms with Crippen LogP contribution < -0.4 is 5.56 Å². The monoisotopic (exact) mass is 338 g/mol. The van der Waals surface area contributed by atoms with Gasteiger partial charge in [-0.25, -0.2) is 14.3 Å². The summed E-state index contributed by atoms with van der Waals surface area (Å²) in [5.41, 5.74) is 3.47. The zero-order valence-corrected chi connectivity index (χ0v) is 12.9. The third-order valence-corrected chi connectivity index (χ3v) is 4.50. The van der Waals surface area contributed by atoms with Crippen molar-refractivity contribution < 1.29 is 9.90 Å². The Balaban J connectivity index is 1.80. The predicted octanol–water partition coefficient (Wildman–Crippen LogP) is 2.51. The van der Waals surface area contributed by atoms with E-state index < -0.39 is 5.97 Å². The highest BCUT2D eigenvalue weighted by Crippen LogP contribution is 2.29. The molecule has 118 valence electrons. The van der Waals surface area contributed by atoms with Crippen molar-refractivity contribution in [2.24, 2.45) is 0 Å². The van der Waals surface area contributed by atoms with Gasteiger partial charge in [0.15, 0.2) is 5.65 Å². The quantitative estimate of drug-likeness (QED) is 0.598. The number of hydrogen-bond acceptors (Lipinski definition) is 5. The normalized spacial score (nSPS) is 11.0. The molecule has 0 amide bonds. The van der Waals surface area contributed by atoms with Gasteiger partial charge < -0.3 is 10.1 Å². The summed E-state index contributed by atoms with van der Waals surface area (Å²) < 4.78 is 1.62. The lowest BCUT2D eigenvalue weighted by atomic mass is 10.1. The molecule has 0 spiro atoms. The van der Waals surface area contributed by atoms with Gasteiger partial charge in [-0.2, -0.15) is 5.10 Å². The van der Waals surface area contributed by atoms with Crippen LogP contribution in [0.4, 0.5) is 0 Å². The number of nitrogens with one attached hydrogen (secondary N) is 1. The van der Waals surface area contributed by atoms with Crippen molar-refractivity contribution in [3.63, 3.8) is 0 Å². The van der Waals surface area contributed by atoms with Gasteiger partial charge in [0.2, 0.25) is 5.56 Å². The second kappa shape index (κ2) is 5.43. The van der Waals surface area contributed by atoms with Crippen molar-refractivity contribution in [1.29, 1.82) is 0 Å². The van der Waals surface area contributed by atoms with E-state index in [1.807, 2.05) is 0 Å².